The zero-order valence-electron chi connectivity index (χ0n) is 9.48. The van der Waals surface area contributed by atoms with Gasteiger partial charge >= 0.3 is 0 Å². The Kier molecular flexibility index (Phi) is 2.78. The fraction of sp³-hybridized carbons (Fsp3) is 0.0667. The van der Waals surface area contributed by atoms with E-state index in [9.17, 15) is 0 Å². The van der Waals surface area contributed by atoms with Crippen molar-refractivity contribution in [3.63, 3.8) is 0 Å². The first-order valence-corrected chi connectivity index (χ1v) is 5.28. The summed E-state index contributed by atoms with van der Waals surface area (Å²) in [4.78, 5) is 0. The van der Waals surface area contributed by atoms with E-state index < -0.39 is 0 Å². The lowest BCUT2D eigenvalue weighted by Gasteiger charge is -2.05. The Balaban J connectivity index is 2.63. The predicted octanol–water partition coefficient (Wildman–Crippen LogP) is 3.98. The molecule has 0 unspecified atom stereocenters. The van der Waals surface area contributed by atoms with Gasteiger partial charge in [-0.1, -0.05) is 49.6 Å². The van der Waals surface area contributed by atoms with E-state index in [4.69, 9.17) is 0 Å². The Hall–Kier alpha value is -2.02. The fourth-order valence-electron chi connectivity index (χ4n) is 1.95. The molecule has 16 heavy (non-hydrogen) atoms. The minimum atomic E-state index is 1.11. The van der Waals surface area contributed by atoms with Gasteiger partial charge in [0.15, 0.2) is 0 Å². The van der Waals surface area contributed by atoms with Crippen molar-refractivity contribution in [3.8, 4) is 11.3 Å². The van der Waals surface area contributed by atoms with Crippen molar-refractivity contribution in [2.24, 2.45) is 7.05 Å². The second-order valence-electron chi connectivity index (χ2n) is 3.70. The molecule has 0 N–H and O–H groups in total. The van der Waals surface area contributed by atoms with Crippen molar-refractivity contribution in [1.29, 1.82) is 0 Å². The van der Waals surface area contributed by atoms with Crippen LogP contribution in [0.4, 0.5) is 0 Å². The maximum Gasteiger partial charge on any atom is 0.0488 e. The lowest BCUT2D eigenvalue weighted by molar-refractivity contribution is 0.923. The summed E-state index contributed by atoms with van der Waals surface area (Å²) in [6.07, 6.45) is 3.73. The summed E-state index contributed by atoms with van der Waals surface area (Å²) in [6, 6.07) is 12.5. The molecule has 0 saturated carbocycles. The Morgan fingerprint density at radius 2 is 1.75 bits per heavy atom. The average molecular weight is 209 g/mol. The molecule has 2 rings (SSSR count). The number of aromatic nitrogens is 1. The van der Waals surface area contributed by atoms with Crippen molar-refractivity contribution >= 4 is 12.2 Å². The molecule has 80 valence electrons. The van der Waals surface area contributed by atoms with Crippen LogP contribution in [0.3, 0.4) is 0 Å². The van der Waals surface area contributed by atoms with Gasteiger partial charge in [0.2, 0.25) is 0 Å². The van der Waals surface area contributed by atoms with Crippen molar-refractivity contribution < 1.29 is 0 Å². The number of nitrogens with zero attached hydrogens (tertiary/aromatic N) is 1. The number of hydrogen-bond donors (Lipinski definition) is 0. The van der Waals surface area contributed by atoms with Crippen LogP contribution in [0.5, 0.6) is 0 Å². The summed E-state index contributed by atoms with van der Waals surface area (Å²) >= 11 is 0. The molecule has 1 aromatic carbocycles. The highest BCUT2D eigenvalue weighted by Gasteiger charge is 2.08. The van der Waals surface area contributed by atoms with Gasteiger partial charge in [0.1, 0.15) is 0 Å². The summed E-state index contributed by atoms with van der Waals surface area (Å²) in [7, 11) is 2.05. The van der Waals surface area contributed by atoms with E-state index in [1.165, 1.54) is 11.3 Å². The molecule has 0 fully saturated rings. The van der Waals surface area contributed by atoms with Crippen LogP contribution in [0.15, 0.2) is 49.6 Å². The zero-order chi connectivity index (χ0) is 11.5. The van der Waals surface area contributed by atoms with Crippen LogP contribution in [-0.2, 0) is 7.05 Å². The Bertz CT molecular complexity index is 518. The predicted molar refractivity (Wildman–Crippen MR) is 71.0 cm³/mol. The van der Waals surface area contributed by atoms with Crippen LogP contribution < -0.4 is 0 Å². The second kappa shape index (κ2) is 4.23. The third-order valence-corrected chi connectivity index (χ3v) is 2.79. The third-order valence-electron chi connectivity index (χ3n) is 2.79. The van der Waals surface area contributed by atoms with E-state index in [1.807, 2.05) is 37.4 Å². The molecule has 0 spiro atoms. The molecule has 0 aliphatic rings. The maximum absolute atomic E-state index is 3.84. The van der Waals surface area contributed by atoms with E-state index in [0.29, 0.717) is 0 Å². The van der Waals surface area contributed by atoms with Crippen LogP contribution in [-0.4, -0.2) is 4.57 Å². The Morgan fingerprint density at radius 1 is 1.06 bits per heavy atom. The van der Waals surface area contributed by atoms with Crippen molar-refractivity contribution in [2.75, 3.05) is 0 Å². The van der Waals surface area contributed by atoms with Crippen LogP contribution in [0.25, 0.3) is 23.4 Å². The van der Waals surface area contributed by atoms with Gasteiger partial charge in [0.05, 0.1) is 0 Å². The highest BCUT2D eigenvalue weighted by atomic mass is 15.0. The topological polar surface area (TPSA) is 4.93 Å². The molecule has 0 atom stereocenters. The smallest absolute Gasteiger partial charge is 0.0488 e. The van der Waals surface area contributed by atoms with Crippen LogP contribution in [0.2, 0.25) is 0 Å². The molecule has 0 bridgehead atoms. The Labute approximate surface area is 96.4 Å². The normalized spacial score (nSPS) is 10.1. The first-order valence-electron chi connectivity index (χ1n) is 5.28. The lowest BCUT2D eigenvalue weighted by atomic mass is 10.1. The third kappa shape index (κ3) is 1.61. The van der Waals surface area contributed by atoms with Crippen molar-refractivity contribution in [3.05, 3.63) is 60.8 Å². The molecular formula is C15H15N. The van der Waals surface area contributed by atoms with Crippen molar-refractivity contribution in [1.82, 2.24) is 4.57 Å². The largest absolute Gasteiger partial charge is 0.344 e. The number of benzene rings is 1. The first-order chi connectivity index (χ1) is 7.77. The van der Waals surface area contributed by atoms with E-state index in [1.54, 1.807) is 0 Å². The summed E-state index contributed by atoms with van der Waals surface area (Å²) in [5, 5.41) is 0. The molecule has 0 radical (unpaired) electrons. The molecule has 0 aliphatic carbocycles. The standard InChI is InChI=1S/C15H15N/c1-4-12-11-15(16(3)14(12)5-2)13-9-7-6-8-10-13/h4-11H,1-2H2,3H3. The maximum atomic E-state index is 3.84. The summed E-state index contributed by atoms with van der Waals surface area (Å²) in [6.45, 7) is 7.67. The average Bonchev–Trinajstić information content (AvgIpc) is 2.66. The highest BCUT2D eigenvalue weighted by molar-refractivity contribution is 5.72. The molecule has 1 heteroatoms. The SMILES string of the molecule is C=Cc1cc(-c2ccccc2)n(C)c1C=C. The summed E-state index contributed by atoms with van der Waals surface area (Å²) in [5.74, 6) is 0. The van der Waals surface area contributed by atoms with Gasteiger partial charge in [-0.3, -0.25) is 0 Å². The summed E-state index contributed by atoms with van der Waals surface area (Å²) < 4.78 is 2.14. The molecular weight excluding hydrogens is 194 g/mol. The number of rotatable bonds is 3. The zero-order valence-corrected chi connectivity index (χ0v) is 9.48. The van der Waals surface area contributed by atoms with E-state index >= 15 is 0 Å². The van der Waals surface area contributed by atoms with Crippen LogP contribution >= 0.6 is 0 Å². The fourth-order valence-corrected chi connectivity index (χ4v) is 1.95. The van der Waals surface area contributed by atoms with Gasteiger partial charge < -0.3 is 4.57 Å². The number of hydrogen-bond acceptors (Lipinski definition) is 0. The van der Waals surface area contributed by atoms with Crippen LogP contribution in [0.1, 0.15) is 11.3 Å². The molecule has 1 aromatic heterocycles. The summed E-state index contributed by atoms with van der Waals surface area (Å²) in [5.41, 5.74) is 4.62. The van der Waals surface area contributed by atoms with Gasteiger partial charge in [-0.25, -0.2) is 0 Å². The molecule has 0 aliphatic heterocycles. The molecule has 0 amide bonds. The van der Waals surface area contributed by atoms with Gasteiger partial charge in [0.25, 0.3) is 0 Å². The van der Waals surface area contributed by atoms with E-state index in [2.05, 4.69) is 35.9 Å². The molecule has 2 aromatic rings. The first kappa shape index (κ1) is 10.5. The second-order valence-corrected chi connectivity index (χ2v) is 3.70. The van der Waals surface area contributed by atoms with E-state index in [0.717, 1.165) is 11.3 Å². The molecule has 0 saturated heterocycles. The van der Waals surface area contributed by atoms with Gasteiger partial charge in [-0.05, 0) is 23.3 Å². The van der Waals surface area contributed by atoms with Gasteiger partial charge in [-0.2, -0.15) is 0 Å². The van der Waals surface area contributed by atoms with E-state index in [-0.39, 0.29) is 0 Å². The monoisotopic (exact) mass is 209 g/mol. The van der Waals surface area contributed by atoms with Gasteiger partial charge in [-0.15, -0.1) is 0 Å². The highest BCUT2D eigenvalue weighted by Crippen LogP contribution is 2.26. The quantitative estimate of drug-likeness (QED) is 0.720. The minimum Gasteiger partial charge on any atom is -0.344 e. The molecule has 1 nitrogen and oxygen atoms in total. The van der Waals surface area contributed by atoms with Gasteiger partial charge in [0, 0.05) is 18.4 Å². The Morgan fingerprint density at radius 3 is 2.25 bits per heavy atom. The van der Waals surface area contributed by atoms with Crippen molar-refractivity contribution in [2.45, 2.75) is 0 Å². The van der Waals surface area contributed by atoms with Crippen LogP contribution in [0, 0.1) is 0 Å². The lowest BCUT2D eigenvalue weighted by Crippen LogP contribution is -1.93. The minimum absolute atomic E-state index is 1.11. The molecule has 1 heterocycles.